The number of carbonyl (C=O) groups is 1. The molecule has 24 heavy (non-hydrogen) atoms. The molecule has 0 saturated heterocycles. The minimum absolute atomic E-state index is 0.131. The van der Waals surface area contributed by atoms with E-state index in [2.05, 4.69) is 53.8 Å². The first-order chi connectivity index (χ1) is 11.8. The van der Waals surface area contributed by atoms with E-state index in [1.807, 2.05) is 12.1 Å². The number of carbonyl (C=O) groups excluding carboxylic acids is 1. The van der Waals surface area contributed by atoms with Gasteiger partial charge in [-0.25, -0.2) is 0 Å². The van der Waals surface area contributed by atoms with Crippen LogP contribution in [-0.4, -0.2) is 11.9 Å². The van der Waals surface area contributed by atoms with Crippen molar-refractivity contribution in [2.24, 2.45) is 11.8 Å². The van der Waals surface area contributed by atoms with E-state index in [4.69, 9.17) is 0 Å². The maximum atomic E-state index is 12.7. The third kappa shape index (κ3) is 3.24. The molecule has 0 spiro atoms. The Kier molecular flexibility index (Phi) is 4.38. The molecule has 2 heteroatoms. The van der Waals surface area contributed by atoms with Gasteiger partial charge in [-0.05, 0) is 42.2 Å². The van der Waals surface area contributed by atoms with Gasteiger partial charge in [-0.15, -0.1) is 0 Å². The molecule has 4 rings (SSSR count). The molecule has 0 radical (unpaired) electrons. The lowest BCUT2D eigenvalue weighted by molar-refractivity contribution is -0.122. The molecule has 3 atom stereocenters. The average Bonchev–Trinajstić information content (AvgIpc) is 3.24. The van der Waals surface area contributed by atoms with Gasteiger partial charge in [-0.1, -0.05) is 67.1 Å². The van der Waals surface area contributed by atoms with E-state index in [0.717, 1.165) is 11.8 Å². The lowest BCUT2D eigenvalue weighted by atomic mass is 9.88. The van der Waals surface area contributed by atoms with Crippen LogP contribution in [0, 0.1) is 11.8 Å². The summed E-state index contributed by atoms with van der Waals surface area (Å²) in [6.45, 7) is 0. The summed E-state index contributed by atoms with van der Waals surface area (Å²) in [6.07, 6.45) is 5.72. The van der Waals surface area contributed by atoms with E-state index >= 15 is 0 Å². The van der Waals surface area contributed by atoms with Crippen LogP contribution in [0.3, 0.4) is 0 Å². The van der Waals surface area contributed by atoms with Crippen LogP contribution in [0.5, 0.6) is 0 Å². The first-order valence-electron chi connectivity index (χ1n) is 9.19. The van der Waals surface area contributed by atoms with Crippen molar-refractivity contribution < 1.29 is 4.79 Å². The lowest BCUT2D eigenvalue weighted by Crippen LogP contribution is -2.39. The van der Waals surface area contributed by atoms with Crippen molar-refractivity contribution in [3.05, 3.63) is 71.8 Å². The topological polar surface area (TPSA) is 29.1 Å². The second-order valence-corrected chi connectivity index (χ2v) is 7.43. The zero-order valence-corrected chi connectivity index (χ0v) is 14.0. The van der Waals surface area contributed by atoms with Crippen molar-refractivity contribution in [2.75, 3.05) is 0 Å². The van der Waals surface area contributed by atoms with Gasteiger partial charge in [0.15, 0.2) is 0 Å². The number of fused-ring (bicyclic) bond motifs is 2. The summed E-state index contributed by atoms with van der Waals surface area (Å²) in [5, 5.41) is 3.34. The predicted molar refractivity (Wildman–Crippen MR) is 96.7 cm³/mol. The molecule has 2 aliphatic carbocycles. The molecule has 1 amide bonds. The molecular formula is C22H25NO. The van der Waals surface area contributed by atoms with Crippen molar-refractivity contribution in [1.29, 1.82) is 0 Å². The van der Waals surface area contributed by atoms with Crippen LogP contribution in [0.15, 0.2) is 60.7 Å². The van der Waals surface area contributed by atoms with Crippen molar-refractivity contribution in [1.82, 2.24) is 5.32 Å². The molecule has 0 heterocycles. The normalized spacial score (nSPS) is 25.1. The molecule has 2 aliphatic rings. The summed E-state index contributed by atoms with van der Waals surface area (Å²) >= 11 is 0. The van der Waals surface area contributed by atoms with Crippen molar-refractivity contribution >= 4 is 5.91 Å². The summed E-state index contributed by atoms with van der Waals surface area (Å²) in [4.78, 5) is 12.7. The molecule has 124 valence electrons. The second kappa shape index (κ2) is 6.80. The van der Waals surface area contributed by atoms with Gasteiger partial charge in [0.1, 0.15) is 0 Å². The number of rotatable bonds is 5. The summed E-state index contributed by atoms with van der Waals surface area (Å²) in [6, 6.07) is 21.2. The van der Waals surface area contributed by atoms with E-state index in [-0.39, 0.29) is 11.8 Å². The lowest BCUT2D eigenvalue weighted by Gasteiger charge is -2.24. The Balaban J connectivity index is 1.48. The number of nitrogens with one attached hydrogen (secondary N) is 1. The third-order valence-corrected chi connectivity index (χ3v) is 5.88. The fourth-order valence-corrected chi connectivity index (χ4v) is 4.67. The Morgan fingerprint density at radius 1 is 0.917 bits per heavy atom. The van der Waals surface area contributed by atoms with Gasteiger partial charge in [0, 0.05) is 18.4 Å². The Labute approximate surface area is 144 Å². The van der Waals surface area contributed by atoms with Gasteiger partial charge in [-0.2, -0.15) is 0 Å². The van der Waals surface area contributed by atoms with Crippen LogP contribution >= 0.6 is 0 Å². The van der Waals surface area contributed by atoms with Gasteiger partial charge in [0.2, 0.25) is 5.91 Å². The third-order valence-electron chi connectivity index (χ3n) is 5.88. The van der Waals surface area contributed by atoms with E-state index in [1.54, 1.807) is 0 Å². The zero-order valence-electron chi connectivity index (χ0n) is 14.0. The second-order valence-electron chi connectivity index (χ2n) is 7.43. The monoisotopic (exact) mass is 319 g/mol. The average molecular weight is 319 g/mol. The summed E-state index contributed by atoms with van der Waals surface area (Å²) in [7, 11) is 0. The molecule has 2 saturated carbocycles. The predicted octanol–water partition coefficient (Wildman–Crippen LogP) is 4.51. The highest BCUT2D eigenvalue weighted by molar-refractivity contribution is 5.78. The van der Waals surface area contributed by atoms with Crippen molar-refractivity contribution in [2.45, 2.75) is 44.1 Å². The van der Waals surface area contributed by atoms with E-state index < -0.39 is 0 Å². The molecule has 2 bridgehead atoms. The molecule has 0 unspecified atom stereocenters. The standard InChI is InChI=1S/C22H25NO/c24-22(23-21-14-16-11-12-19(21)13-16)15-20(17-7-3-1-4-8-17)18-9-5-2-6-10-18/h1-10,16,19-21H,11-15H2,(H,23,24)/t16-,19+,21-/m0/s1. The SMILES string of the molecule is O=C(CC(c1ccccc1)c1ccccc1)N[C@H]1C[C@H]2CC[C@@H]1C2. The maximum absolute atomic E-state index is 12.7. The Hall–Kier alpha value is -2.09. The first kappa shape index (κ1) is 15.4. The van der Waals surface area contributed by atoms with E-state index in [1.165, 1.54) is 36.8 Å². The highest BCUT2D eigenvalue weighted by atomic mass is 16.1. The summed E-state index contributed by atoms with van der Waals surface area (Å²) in [5.41, 5.74) is 2.43. The van der Waals surface area contributed by atoms with E-state index in [0.29, 0.717) is 12.5 Å². The highest BCUT2D eigenvalue weighted by Gasteiger charge is 2.40. The smallest absolute Gasteiger partial charge is 0.221 e. The maximum Gasteiger partial charge on any atom is 0.221 e. The fourth-order valence-electron chi connectivity index (χ4n) is 4.67. The first-order valence-corrected chi connectivity index (χ1v) is 9.19. The van der Waals surface area contributed by atoms with Gasteiger partial charge >= 0.3 is 0 Å². The number of amides is 1. The molecule has 2 fully saturated rings. The molecule has 1 N–H and O–H groups in total. The van der Waals surface area contributed by atoms with Crippen LogP contribution < -0.4 is 5.32 Å². The van der Waals surface area contributed by atoms with Gasteiger partial charge in [0.25, 0.3) is 0 Å². The minimum atomic E-state index is 0.131. The number of benzene rings is 2. The summed E-state index contributed by atoms with van der Waals surface area (Å²) < 4.78 is 0. The fraction of sp³-hybridized carbons (Fsp3) is 0.409. The van der Waals surface area contributed by atoms with Crippen LogP contribution in [-0.2, 0) is 4.79 Å². The van der Waals surface area contributed by atoms with Crippen LogP contribution in [0.25, 0.3) is 0 Å². The highest BCUT2D eigenvalue weighted by Crippen LogP contribution is 2.44. The molecule has 0 aromatic heterocycles. The van der Waals surface area contributed by atoms with Gasteiger partial charge in [-0.3, -0.25) is 4.79 Å². The van der Waals surface area contributed by atoms with E-state index in [9.17, 15) is 4.79 Å². The van der Waals surface area contributed by atoms with Crippen LogP contribution in [0.4, 0.5) is 0 Å². The minimum Gasteiger partial charge on any atom is -0.353 e. The molecule has 2 nitrogen and oxygen atoms in total. The molecular weight excluding hydrogens is 294 g/mol. The van der Waals surface area contributed by atoms with Crippen LogP contribution in [0.1, 0.15) is 49.1 Å². The van der Waals surface area contributed by atoms with Crippen molar-refractivity contribution in [3.8, 4) is 0 Å². The molecule has 0 aliphatic heterocycles. The van der Waals surface area contributed by atoms with Crippen LogP contribution in [0.2, 0.25) is 0 Å². The molecule has 2 aromatic rings. The number of hydrogen-bond donors (Lipinski definition) is 1. The van der Waals surface area contributed by atoms with Gasteiger partial charge in [0.05, 0.1) is 0 Å². The Morgan fingerprint density at radius 3 is 2.04 bits per heavy atom. The summed E-state index contributed by atoms with van der Waals surface area (Å²) in [5.74, 6) is 1.92. The molecule has 2 aromatic carbocycles. The number of hydrogen-bond acceptors (Lipinski definition) is 1. The largest absolute Gasteiger partial charge is 0.353 e. The van der Waals surface area contributed by atoms with Crippen molar-refractivity contribution in [3.63, 3.8) is 0 Å². The Bertz CT molecular complexity index is 642. The Morgan fingerprint density at radius 2 is 1.54 bits per heavy atom. The quantitative estimate of drug-likeness (QED) is 0.863. The van der Waals surface area contributed by atoms with Gasteiger partial charge < -0.3 is 5.32 Å². The zero-order chi connectivity index (χ0) is 16.4.